The van der Waals surface area contributed by atoms with E-state index in [1.807, 2.05) is 35.0 Å². The van der Waals surface area contributed by atoms with Gasteiger partial charge in [0.1, 0.15) is 5.67 Å². The minimum absolute atomic E-state index is 0.294. The number of hydrogen-bond donors (Lipinski definition) is 2. The number of fused-ring (bicyclic) bond motifs is 1. The van der Waals surface area contributed by atoms with Crippen LogP contribution in [0.15, 0.2) is 52.3 Å². The van der Waals surface area contributed by atoms with Crippen molar-refractivity contribution in [3.8, 4) is 5.69 Å². The van der Waals surface area contributed by atoms with E-state index in [4.69, 9.17) is 0 Å². The Morgan fingerprint density at radius 2 is 1.88 bits per heavy atom. The average molecular weight is 342 g/mol. The molecule has 3 aromatic rings. The summed E-state index contributed by atoms with van der Waals surface area (Å²) in [7, 11) is 0. The summed E-state index contributed by atoms with van der Waals surface area (Å²) in [6.45, 7) is 1.67. The van der Waals surface area contributed by atoms with Gasteiger partial charge in [-0.25, -0.2) is 9.18 Å². The largest absolute Gasteiger partial charge is 0.344 e. The van der Waals surface area contributed by atoms with Crippen molar-refractivity contribution in [1.82, 2.24) is 19.4 Å². The number of benzene rings is 1. The molecule has 0 unspecified atom stereocenters. The fourth-order valence-electron chi connectivity index (χ4n) is 3.50. The molecule has 1 aliphatic heterocycles. The summed E-state index contributed by atoms with van der Waals surface area (Å²) in [5, 5.41) is 4.02. The van der Waals surface area contributed by atoms with Crippen molar-refractivity contribution in [3.05, 3.63) is 63.6 Å². The van der Waals surface area contributed by atoms with Gasteiger partial charge in [0.25, 0.3) is 5.56 Å². The zero-order valence-electron chi connectivity index (χ0n) is 13.7. The van der Waals surface area contributed by atoms with Gasteiger partial charge in [0.05, 0.1) is 17.7 Å². The molecule has 4 rings (SSSR count). The number of halogens is 1. The fourth-order valence-corrected chi connectivity index (χ4v) is 3.50. The lowest BCUT2D eigenvalue weighted by Crippen LogP contribution is -2.41. The molecule has 2 N–H and O–H groups in total. The molecule has 0 bridgehead atoms. The second-order valence-electron chi connectivity index (χ2n) is 6.53. The first-order valence-electron chi connectivity index (χ1n) is 8.36. The van der Waals surface area contributed by atoms with Crippen LogP contribution in [0.5, 0.6) is 0 Å². The lowest BCUT2D eigenvalue weighted by Gasteiger charge is -2.30. The second-order valence-corrected chi connectivity index (χ2v) is 6.53. The van der Waals surface area contributed by atoms with Gasteiger partial charge in [0, 0.05) is 23.8 Å². The number of alkyl halides is 1. The quantitative estimate of drug-likeness (QED) is 0.759. The Hall–Kier alpha value is -2.67. The zero-order valence-corrected chi connectivity index (χ0v) is 13.7. The van der Waals surface area contributed by atoms with E-state index in [-0.39, 0.29) is 0 Å². The number of rotatable bonds is 3. The molecule has 0 amide bonds. The fraction of sp³-hybridized carbons (Fsp3) is 0.333. The summed E-state index contributed by atoms with van der Waals surface area (Å²) in [5.41, 5.74) is -0.617. The third-order valence-corrected chi connectivity index (χ3v) is 4.83. The van der Waals surface area contributed by atoms with Crippen molar-refractivity contribution in [2.75, 3.05) is 13.1 Å². The number of aromatic nitrogens is 3. The van der Waals surface area contributed by atoms with Gasteiger partial charge in [-0.3, -0.25) is 14.3 Å². The van der Waals surface area contributed by atoms with Crippen LogP contribution in [0.25, 0.3) is 16.6 Å². The molecule has 1 saturated heterocycles. The van der Waals surface area contributed by atoms with Crippen LogP contribution in [0.3, 0.4) is 0 Å². The van der Waals surface area contributed by atoms with Crippen molar-refractivity contribution in [2.24, 2.45) is 0 Å². The third kappa shape index (κ3) is 2.91. The maximum atomic E-state index is 15.0. The van der Waals surface area contributed by atoms with Crippen LogP contribution in [0, 0.1) is 0 Å². The highest BCUT2D eigenvalue weighted by molar-refractivity contribution is 5.88. The van der Waals surface area contributed by atoms with Gasteiger partial charge >= 0.3 is 5.69 Å². The molecule has 1 aliphatic rings. The van der Waals surface area contributed by atoms with E-state index in [1.54, 1.807) is 0 Å². The molecule has 0 aliphatic carbocycles. The standard InChI is InChI=1S/C18H19FN4O2/c19-18(6-8-20-9-7-18)12-22-10-4-13-14(22)2-1-3-15(13)23-11-5-16(24)21-17(23)25/h1-5,10-11,20H,6-9,12H2,(H,21,24,25). The van der Waals surface area contributed by atoms with Crippen LogP contribution in [0.1, 0.15) is 12.8 Å². The number of aromatic amines is 1. The third-order valence-electron chi connectivity index (χ3n) is 4.83. The monoisotopic (exact) mass is 342 g/mol. The normalized spacial score (nSPS) is 17.0. The lowest BCUT2D eigenvalue weighted by atomic mass is 9.94. The van der Waals surface area contributed by atoms with Gasteiger partial charge in [-0.05, 0) is 44.1 Å². The van der Waals surface area contributed by atoms with E-state index in [2.05, 4.69) is 10.3 Å². The highest BCUT2D eigenvalue weighted by atomic mass is 19.1. The number of nitrogens with one attached hydrogen (secondary N) is 2. The summed E-state index contributed by atoms with van der Waals surface area (Å²) in [6.07, 6.45) is 4.29. The summed E-state index contributed by atoms with van der Waals surface area (Å²) >= 11 is 0. The summed E-state index contributed by atoms with van der Waals surface area (Å²) in [5.74, 6) is 0. The number of hydrogen-bond acceptors (Lipinski definition) is 3. The average Bonchev–Trinajstić information content (AvgIpc) is 2.98. The van der Waals surface area contributed by atoms with Crippen LogP contribution in [-0.2, 0) is 6.54 Å². The minimum Gasteiger partial charge on any atom is -0.344 e. The van der Waals surface area contributed by atoms with Crippen molar-refractivity contribution in [2.45, 2.75) is 25.1 Å². The number of nitrogens with zero attached hydrogens (tertiary/aromatic N) is 2. The van der Waals surface area contributed by atoms with Gasteiger partial charge in [-0.15, -0.1) is 0 Å². The molecule has 1 fully saturated rings. The molecule has 3 heterocycles. The van der Waals surface area contributed by atoms with Gasteiger partial charge < -0.3 is 9.88 Å². The smallest absolute Gasteiger partial charge is 0.332 e. The van der Waals surface area contributed by atoms with E-state index in [0.29, 0.717) is 38.2 Å². The molecular formula is C18H19FN4O2. The van der Waals surface area contributed by atoms with Gasteiger partial charge in [-0.2, -0.15) is 0 Å². The Bertz CT molecular complexity index is 1030. The van der Waals surface area contributed by atoms with Crippen LogP contribution in [0.2, 0.25) is 0 Å². The van der Waals surface area contributed by atoms with Crippen molar-refractivity contribution in [1.29, 1.82) is 0 Å². The zero-order chi connectivity index (χ0) is 17.4. The van der Waals surface area contributed by atoms with Crippen LogP contribution in [0.4, 0.5) is 4.39 Å². The van der Waals surface area contributed by atoms with Crippen LogP contribution in [-0.4, -0.2) is 32.9 Å². The number of H-pyrrole nitrogens is 1. The Morgan fingerprint density at radius 1 is 1.08 bits per heavy atom. The molecule has 0 saturated carbocycles. The van der Waals surface area contributed by atoms with E-state index in [0.717, 1.165) is 10.9 Å². The molecule has 0 spiro atoms. The first kappa shape index (κ1) is 15.8. The minimum atomic E-state index is -1.22. The second kappa shape index (κ2) is 6.00. The molecule has 0 atom stereocenters. The molecule has 7 heteroatoms. The topological polar surface area (TPSA) is 71.8 Å². The Morgan fingerprint density at radius 3 is 2.64 bits per heavy atom. The van der Waals surface area contributed by atoms with Crippen molar-refractivity contribution in [3.63, 3.8) is 0 Å². The van der Waals surface area contributed by atoms with E-state index >= 15 is 4.39 Å². The molecule has 130 valence electrons. The van der Waals surface area contributed by atoms with Gasteiger partial charge in [0.15, 0.2) is 0 Å². The van der Waals surface area contributed by atoms with Gasteiger partial charge in [0.2, 0.25) is 0 Å². The van der Waals surface area contributed by atoms with E-state index in [1.165, 1.54) is 16.8 Å². The maximum absolute atomic E-state index is 15.0. The van der Waals surface area contributed by atoms with E-state index < -0.39 is 16.9 Å². The van der Waals surface area contributed by atoms with Crippen LogP contribution >= 0.6 is 0 Å². The molecule has 0 radical (unpaired) electrons. The predicted molar refractivity (Wildman–Crippen MR) is 94.1 cm³/mol. The molecule has 25 heavy (non-hydrogen) atoms. The number of piperidine rings is 1. The highest BCUT2D eigenvalue weighted by Crippen LogP contribution is 2.29. The van der Waals surface area contributed by atoms with Crippen LogP contribution < -0.4 is 16.6 Å². The first-order valence-corrected chi connectivity index (χ1v) is 8.36. The van der Waals surface area contributed by atoms with E-state index in [9.17, 15) is 9.59 Å². The molecule has 2 aromatic heterocycles. The Balaban J connectivity index is 1.78. The maximum Gasteiger partial charge on any atom is 0.332 e. The molecule has 6 nitrogen and oxygen atoms in total. The summed E-state index contributed by atoms with van der Waals surface area (Å²) < 4.78 is 18.3. The highest BCUT2D eigenvalue weighted by Gasteiger charge is 2.32. The first-order chi connectivity index (χ1) is 12.1. The lowest BCUT2D eigenvalue weighted by molar-refractivity contribution is 0.0955. The Kier molecular flexibility index (Phi) is 3.80. The Labute approximate surface area is 142 Å². The summed E-state index contributed by atoms with van der Waals surface area (Å²) in [4.78, 5) is 25.6. The predicted octanol–water partition coefficient (Wildman–Crippen LogP) is 1.57. The summed E-state index contributed by atoms with van der Waals surface area (Å²) in [6, 6.07) is 8.75. The van der Waals surface area contributed by atoms with Gasteiger partial charge in [-0.1, -0.05) is 6.07 Å². The van der Waals surface area contributed by atoms with Crippen molar-refractivity contribution >= 4 is 10.9 Å². The molecule has 1 aromatic carbocycles. The molecular weight excluding hydrogens is 323 g/mol. The SMILES string of the molecule is O=c1ccn(-c2cccc3c2ccn3CC2(F)CCNCC2)c(=O)[nH]1. The van der Waals surface area contributed by atoms with Crippen molar-refractivity contribution < 1.29 is 4.39 Å².